The van der Waals surface area contributed by atoms with Gasteiger partial charge in [0.2, 0.25) is 5.88 Å². The summed E-state index contributed by atoms with van der Waals surface area (Å²) in [6, 6.07) is 14.0. The number of fused-ring (bicyclic) bond motifs is 1. The van der Waals surface area contributed by atoms with E-state index in [2.05, 4.69) is 25.3 Å². The summed E-state index contributed by atoms with van der Waals surface area (Å²) in [5, 5.41) is 16.2. The highest BCUT2D eigenvalue weighted by Gasteiger charge is 2.17. The minimum Gasteiger partial charge on any atom is -0.507 e. The number of aromatic amines is 1. The quantitative estimate of drug-likeness (QED) is 0.323. The molecule has 34 heavy (non-hydrogen) atoms. The first-order chi connectivity index (χ1) is 16.5. The van der Waals surface area contributed by atoms with Crippen LogP contribution in [0.1, 0.15) is 28.3 Å². The highest BCUT2D eigenvalue weighted by Crippen LogP contribution is 2.35. The summed E-state index contributed by atoms with van der Waals surface area (Å²) < 4.78 is 5.37. The third-order valence-electron chi connectivity index (χ3n) is 5.44. The lowest BCUT2D eigenvalue weighted by Gasteiger charge is -2.11. The zero-order valence-corrected chi connectivity index (χ0v) is 19.3. The van der Waals surface area contributed by atoms with Crippen molar-refractivity contribution >= 4 is 28.3 Å². The third kappa shape index (κ3) is 4.08. The van der Waals surface area contributed by atoms with Gasteiger partial charge in [0.1, 0.15) is 16.6 Å². The van der Waals surface area contributed by atoms with Crippen molar-refractivity contribution in [3.63, 3.8) is 0 Å². The van der Waals surface area contributed by atoms with E-state index in [0.717, 1.165) is 16.1 Å². The molecule has 0 saturated carbocycles. The summed E-state index contributed by atoms with van der Waals surface area (Å²) in [6.07, 6.45) is 3.38. The molecule has 0 spiro atoms. The number of H-pyrrole nitrogens is 1. The van der Waals surface area contributed by atoms with E-state index in [1.54, 1.807) is 49.8 Å². The number of pyridine rings is 1. The van der Waals surface area contributed by atoms with E-state index in [1.807, 2.05) is 30.5 Å². The van der Waals surface area contributed by atoms with Crippen LogP contribution < -0.4 is 10.1 Å². The molecule has 0 saturated heterocycles. The number of rotatable bonds is 6. The van der Waals surface area contributed by atoms with Gasteiger partial charge in [-0.1, -0.05) is 6.07 Å². The van der Waals surface area contributed by atoms with Crippen molar-refractivity contribution in [2.45, 2.75) is 13.0 Å². The van der Waals surface area contributed by atoms with Gasteiger partial charge < -0.3 is 20.1 Å². The fraction of sp³-hybridized carbons (Fsp3) is 0.120. The second-order valence-corrected chi connectivity index (χ2v) is 8.60. The molecule has 0 bridgehead atoms. The van der Waals surface area contributed by atoms with E-state index >= 15 is 0 Å². The number of thiazole rings is 1. The molecule has 5 aromatic rings. The van der Waals surface area contributed by atoms with Crippen LogP contribution in [0.3, 0.4) is 0 Å². The predicted molar refractivity (Wildman–Crippen MR) is 131 cm³/mol. The Morgan fingerprint density at radius 3 is 2.79 bits per heavy atom. The molecule has 1 atom stereocenters. The van der Waals surface area contributed by atoms with Crippen LogP contribution in [0.4, 0.5) is 0 Å². The van der Waals surface area contributed by atoms with Crippen molar-refractivity contribution in [3.8, 4) is 34.1 Å². The Bertz CT molecular complexity index is 1480. The molecule has 2 aromatic carbocycles. The maximum absolute atomic E-state index is 12.8. The number of nitrogens with one attached hydrogen (secondary N) is 2. The van der Waals surface area contributed by atoms with Crippen molar-refractivity contribution in [1.82, 2.24) is 25.3 Å². The molecule has 0 aliphatic heterocycles. The van der Waals surface area contributed by atoms with E-state index in [9.17, 15) is 9.90 Å². The summed E-state index contributed by atoms with van der Waals surface area (Å²) in [7, 11) is 1.57. The first-order valence-corrected chi connectivity index (χ1v) is 11.4. The number of phenolic OH excluding ortho intramolecular Hbond substituents is 1. The lowest BCUT2D eigenvalue weighted by molar-refractivity contribution is 0.0940. The van der Waals surface area contributed by atoms with Gasteiger partial charge in [-0.05, 0) is 55.0 Å². The Morgan fingerprint density at radius 2 is 2.00 bits per heavy atom. The lowest BCUT2D eigenvalue weighted by atomic mass is 10.0. The Balaban J connectivity index is 1.46. The number of ether oxygens (including phenoxy) is 1. The standard InChI is InChI=1S/C25H21N5O3S/c1-14(25-27-10-11-34-25)28-23(32)16-5-7-19-20(13-16)30-22(29-19)18-12-15(6-8-21(18)31)17-4-3-9-26-24(17)33-2/h3-14,31H,1-2H3,(H,28,32)(H,29,30). The number of phenols is 1. The average Bonchev–Trinajstić information content (AvgIpc) is 3.54. The second-order valence-electron chi connectivity index (χ2n) is 7.67. The number of nitrogens with zero attached hydrogens (tertiary/aromatic N) is 3. The van der Waals surface area contributed by atoms with Gasteiger partial charge in [-0.25, -0.2) is 15.0 Å². The molecule has 0 aliphatic carbocycles. The number of carbonyl (C=O) groups excluding carboxylic acids is 1. The molecule has 5 rings (SSSR count). The van der Waals surface area contributed by atoms with Crippen LogP contribution in [0, 0.1) is 0 Å². The molecular weight excluding hydrogens is 450 g/mol. The number of carbonyl (C=O) groups is 1. The Labute approximate surface area is 199 Å². The largest absolute Gasteiger partial charge is 0.507 e. The highest BCUT2D eigenvalue weighted by atomic mass is 32.1. The molecule has 3 heterocycles. The maximum Gasteiger partial charge on any atom is 0.251 e. The monoisotopic (exact) mass is 471 g/mol. The minimum absolute atomic E-state index is 0.0842. The van der Waals surface area contributed by atoms with Crippen LogP contribution in [0.15, 0.2) is 66.3 Å². The Morgan fingerprint density at radius 1 is 1.12 bits per heavy atom. The fourth-order valence-electron chi connectivity index (χ4n) is 3.73. The summed E-state index contributed by atoms with van der Waals surface area (Å²) in [6.45, 7) is 1.90. The molecular formula is C25H21N5O3S. The van der Waals surface area contributed by atoms with Crippen molar-refractivity contribution in [1.29, 1.82) is 0 Å². The first-order valence-electron chi connectivity index (χ1n) is 10.6. The zero-order chi connectivity index (χ0) is 23.7. The van der Waals surface area contributed by atoms with E-state index in [-0.39, 0.29) is 17.7 Å². The average molecular weight is 472 g/mol. The number of hydrogen-bond donors (Lipinski definition) is 3. The van der Waals surface area contributed by atoms with E-state index in [4.69, 9.17) is 4.74 Å². The number of methoxy groups -OCH3 is 1. The van der Waals surface area contributed by atoms with E-state index < -0.39 is 0 Å². The summed E-state index contributed by atoms with van der Waals surface area (Å²) in [5.41, 5.74) is 4.04. The molecule has 0 aliphatic rings. The molecule has 0 radical (unpaired) electrons. The van der Waals surface area contributed by atoms with E-state index in [0.29, 0.717) is 33.9 Å². The van der Waals surface area contributed by atoms with Crippen LogP contribution in [-0.4, -0.2) is 38.1 Å². The normalized spacial score (nSPS) is 11.9. The first kappa shape index (κ1) is 21.6. The number of benzene rings is 2. The smallest absolute Gasteiger partial charge is 0.251 e. The van der Waals surface area contributed by atoms with Gasteiger partial charge in [-0.2, -0.15) is 0 Å². The van der Waals surface area contributed by atoms with Gasteiger partial charge in [0.25, 0.3) is 5.91 Å². The zero-order valence-electron chi connectivity index (χ0n) is 18.4. The number of aromatic hydroxyl groups is 1. The van der Waals surface area contributed by atoms with Crippen LogP contribution in [-0.2, 0) is 0 Å². The molecule has 9 heteroatoms. The van der Waals surface area contributed by atoms with E-state index in [1.165, 1.54) is 11.3 Å². The number of hydrogen-bond acceptors (Lipinski definition) is 7. The fourth-order valence-corrected chi connectivity index (χ4v) is 4.38. The Hall–Kier alpha value is -4.24. The Kier molecular flexibility index (Phi) is 5.69. The summed E-state index contributed by atoms with van der Waals surface area (Å²) in [4.78, 5) is 29.1. The van der Waals surface area contributed by atoms with Crippen molar-refractivity contribution in [3.05, 3.63) is 76.9 Å². The molecule has 1 amide bonds. The number of imidazole rings is 1. The van der Waals surface area contributed by atoms with Gasteiger partial charge in [0.05, 0.1) is 29.7 Å². The van der Waals surface area contributed by atoms with Crippen LogP contribution in [0.2, 0.25) is 0 Å². The van der Waals surface area contributed by atoms with Crippen molar-refractivity contribution in [2.75, 3.05) is 7.11 Å². The van der Waals surface area contributed by atoms with Crippen molar-refractivity contribution in [2.24, 2.45) is 0 Å². The summed E-state index contributed by atoms with van der Waals surface area (Å²) in [5.74, 6) is 0.868. The van der Waals surface area contributed by atoms with Crippen LogP contribution >= 0.6 is 11.3 Å². The lowest BCUT2D eigenvalue weighted by Crippen LogP contribution is -2.26. The molecule has 0 fully saturated rings. The molecule has 3 N–H and O–H groups in total. The van der Waals surface area contributed by atoms with Gasteiger partial charge in [0, 0.05) is 28.9 Å². The number of aromatic nitrogens is 4. The van der Waals surface area contributed by atoms with Crippen molar-refractivity contribution < 1.29 is 14.6 Å². The third-order valence-corrected chi connectivity index (χ3v) is 6.40. The van der Waals surface area contributed by atoms with Gasteiger partial charge in [-0.15, -0.1) is 11.3 Å². The van der Waals surface area contributed by atoms with Crippen LogP contribution in [0.5, 0.6) is 11.6 Å². The number of amides is 1. The van der Waals surface area contributed by atoms with Gasteiger partial charge in [-0.3, -0.25) is 4.79 Å². The molecule has 3 aromatic heterocycles. The van der Waals surface area contributed by atoms with Gasteiger partial charge >= 0.3 is 0 Å². The van der Waals surface area contributed by atoms with Gasteiger partial charge in [0.15, 0.2) is 0 Å². The maximum atomic E-state index is 12.8. The minimum atomic E-state index is -0.200. The predicted octanol–water partition coefficient (Wildman–Crippen LogP) is 4.95. The topological polar surface area (TPSA) is 113 Å². The molecule has 8 nitrogen and oxygen atoms in total. The van der Waals surface area contributed by atoms with Crippen LogP contribution in [0.25, 0.3) is 33.5 Å². The molecule has 170 valence electrons. The second kappa shape index (κ2) is 8.95. The molecule has 1 unspecified atom stereocenters. The highest BCUT2D eigenvalue weighted by molar-refractivity contribution is 7.09. The summed E-state index contributed by atoms with van der Waals surface area (Å²) >= 11 is 1.50. The SMILES string of the molecule is COc1ncccc1-c1ccc(O)c(-c2nc3ccc(C(=O)NC(C)c4nccs4)cc3[nH]2)c1.